The van der Waals surface area contributed by atoms with Crippen molar-refractivity contribution in [1.82, 2.24) is 0 Å². The van der Waals surface area contributed by atoms with Gasteiger partial charge >= 0.3 is 78.9 Å². The van der Waals surface area contributed by atoms with Crippen LogP contribution in [0.2, 0.25) is 0 Å². The Kier molecular flexibility index (Phi) is 3.61. The molecule has 0 radical (unpaired) electrons. The Hall–Kier alpha value is -0.495. The molecular formula is C10H13BS. The summed E-state index contributed by atoms with van der Waals surface area (Å²) in [7, 11) is 0. The van der Waals surface area contributed by atoms with Crippen molar-refractivity contribution in [2.24, 2.45) is 0 Å². The van der Waals surface area contributed by atoms with Gasteiger partial charge in [0.1, 0.15) is 0 Å². The summed E-state index contributed by atoms with van der Waals surface area (Å²) < 4.78 is 0. The van der Waals surface area contributed by atoms with Gasteiger partial charge in [-0.2, -0.15) is 0 Å². The molecule has 12 heavy (non-hydrogen) atoms. The van der Waals surface area contributed by atoms with Crippen LogP contribution >= 0.6 is 11.8 Å². The van der Waals surface area contributed by atoms with E-state index >= 15 is 0 Å². The van der Waals surface area contributed by atoms with E-state index in [4.69, 9.17) is 0 Å². The molecule has 0 fully saturated rings. The number of rotatable bonds is 2. The summed E-state index contributed by atoms with van der Waals surface area (Å²) in [4.78, 5) is 1.32. The van der Waals surface area contributed by atoms with Crippen LogP contribution < -0.4 is 5.46 Å². The van der Waals surface area contributed by atoms with Crippen LogP contribution in [0.4, 0.5) is 0 Å². The summed E-state index contributed by atoms with van der Waals surface area (Å²) in [6, 6.07) is 8.61. The Labute approximate surface area is 79.3 Å². The molecule has 2 heteroatoms. The third kappa shape index (κ3) is 2.86. The van der Waals surface area contributed by atoms with Gasteiger partial charge in [0, 0.05) is 0 Å². The number of hydrogen-bond donors (Lipinski definition) is 0. The molecule has 0 bridgehead atoms. The van der Waals surface area contributed by atoms with Gasteiger partial charge in [0.05, 0.1) is 0 Å². The van der Waals surface area contributed by atoms with E-state index in [1.807, 2.05) is 0 Å². The van der Waals surface area contributed by atoms with Crippen LogP contribution in [0.3, 0.4) is 0 Å². The van der Waals surface area contributed by atoms with Crippen molar-refractivity contribution < 1.29 is 0 Å². The van der Waals surface area contributed by atoms with E-state index in [-0.39, 0.29) is 0 Å². The number of thioether (sulfide) groups is 1. The molecule has 0 N–H and O–H groups in total. The summed E-state index contributed by atoms with van der Waals surface area (Å²) >= 11 is 1.78. The monoisotopic (exact) mass is 176 g/mol. The molecule has 0 saturated heterocycles. The van der Waals surface area contributed by atoms with Crippen LogP contribution in [0.25, 0.3) is 0 Å². The normalized spacial score (nSPS) is 9.25. The fraction of sp³-hybridized carbons (Fsp3) is 0.300. The van der Waals surface area contributed by atoms with Gasteiger partial charge in [0.25, 0.3) is 0 Å². The van der Waals surface area contributed by atoms with Gasteiger partial charge in [-0.05, 0) is 0 Å². The SMILES string of the molecule is CSc1ccc(B=C(C)C)cc1. The molecule has 0 atom stereocenters. The molecule has 0 aliphatic heterocycles. The summed E-state index contributed by atoms with van der Waals surface area (Å²) in [5, 5.41) is 0. The van der Waals surface area contributed by atoms with E-state index in [9.17, 15) is 0 Å². The van der Waals surface area contributed by atoms with Crippen molar-refractivity contribution >= 4 is 29.6 Å². The Balaban J connectivity index is 2.85. The van der Waals surface area contributed by atoms with Crippen molar-refractivity contribution in [1.29, 1.82) is 0 Å². The molecule has 0 aromatic heterocycles. The van der Waals surface area contributed by atoms with E-state index in [0.717, 1.165) is 0 Å². The van der Waals surface area contributed by atoms with Gasteiger partial charge in [-0.3, -0.25) is 0 Å². The number of hydrogen-bond acceptors (Lipinski definition) is 1. The topological polar surface area (TPSA) is 0 Å². The van der Waals surface area contributed by atoms with Crippen molar-refractivity contribution in [3.05, 3.63) is 24.3 Å². The average molecular weight is 176 g/mol. The molecule has 0 amide bonds. The summed E-state index contributed by atoms with van der Waals surface area (Å²) in [6.45, 7) is 6.41. The van der Waals surface area contributed by atoms with E-state index in [1.165, 1.54) is 15.8 Å². The van der Waals surface area contributed by atoms with Crippen LogP contribution in [-0.4, -0.2) is 18.6 Å². The summed E-state index contributed by atoms with van der Waals surface area (Å²) in [5.74, 6) is 0. The first-order valence-corrected chi connectivity index (χ1v) is 5.24. The fourth-order valence-corrected chi connectivity index (χ4v) is 1.44. The zero-order valence-electron chi connectivity index (χ0n) is 7.79. The molecular weight excluding hydrogens is 163 g/mol. The van der Waals surface area contributed by atoms with E-state index in [0.29, 0.717) is 0 Å². The minimum atomic E-state index is 1.28. The van der Waals surface area contributed by atoms with Crippen LogP contribution in [0.1, 0.15) is 13.8 Å². The molecule has 0 nitrogen and oxygen atoms in total. The van der Waals surface area contributed by atoms with Crippen LogP contribution in [0.5, 0.6) is 0 Å². The molecule has 1 aromatic carbocycles. The predicted molar refractivity (Wildman–Crippen MR) is 60.0 cm³/mol. The van der Waals surface area contributed by atoms with E-state index in [1.54, 1.807) is 11.8 Å². The van der Waals surface area contributed by atoms with Crippen LogP contribution in [-0.2, 0) is 0 Å². The Morgan fingerprint density at radius 2 is 1.75 bits per heavy atom. The maximum atomic E-state index is 2.18. The molecule has 0 aliphatic rings. The fourth-order valence-electron chi connectivity index (χ4n) is 1.03. The molecule has 1 aromatic rings. The predicted octanol–water partition coefficient (Wildman–Crippen LogP) is 1.95. The van der Waals surface area contributed by atoms with Gasteiger partial charge in [-0.25, -0.2) is 0 Å². The quantitative estimate of drug-likeness (QED) is 0.490. The molecule has 0 heterocycles. The number of benzene rings is 1. The molecule has 0 spiro atoms. The third-order valence-electron chi connectivity index (χ3n) is 1.57. The van der Waals surface area contributed by atoms with Gasteiger partial charge < -0.3 is 0 Å². The Morgan fingerprint density at radius 1 is 1.17 bits per heavy atom. The Bertz CT molecular complexity index is 270. The summed E-state index contributed by atoms with van der Waals surface area (Å²) in [6.07, 6.45) is 2.09. The average Bonchev–Trinajstić information content (AvgIpc) is 2.05. The molecule has 0 unspecified atom stereocenters. The van der Waals surface area contributed by atoms with Crippen molar-refractivity contribution in [3.8, 4) is 0 Å². The van der Waals surface area contributed by atoms with Gasteiger partial charge in [0.15, 0.2) is 0 Å². The summed E-state index contributed by atoms with van der Waals surface area (Å²) in [5.41, 5.74) is 2.62. The standard InChI is InChI=1S/C10H13BS/c1-8(2)11-9-4-6-10(12-3)7-5-9/h4-7H,1-3H3. The van der Waals surface area contributed by atoms with Crippen molar-refractivity contribution in [3.63, 3.8) is 0 Å². The Morgan fingerprint density at radius 3 is 2.17 bits per heavy atom. The second kappa shape index (κ2) is 4.51. The van der Waals surface area contributed by atoms with Crippen molar-refractivity contribution in [2.45, 2.75) is 18.7 Å². The third-order valence-corrected chi connectivity index (χ3v) is 2.31. The zero-order chi connectivity index (χ0) is 8.97. The molecule has 0 saturated carbocycles. The second-order valence-electron chi connectivity index (χ2n) is 2.99. The van der Waals surface area contributed by atoms with Gasteiger partial charge in [-0.15, -0.1) is 0 Å². The van der Waals surface area contributed by atoms with Gasteiger partial charge in [0.2, 0.25) is 0 Å². The zero-order valence-corrected chi connectivity index (χ0v) is 8.61. The maximum absolute atomic E-state index is 2.18. The molecule has 1 rings (SSSR count). The van der Waals surface area contributed by atoms with Crippen LogP contribution in [0.15, 0.2) is 29.2 Å². The van der Waals surface area contributed by atoms with Crippen LogP contribution in [0, 0.1) is 0 Å². The first kappa shape index (κ1) is 9.59. The minimum absolute atomic E-state index is 1.28. The molecule has 0 aliphatic carbocycles. The van der Waals surface area contributed by atoms with Crippen molar-refractivity contribution in [2.75, 3.05) is 6.26 Å². The van der Waals surface area contributed by atoms with E-state index < -0.39 is 0 Å². The van der Waals surface area contributed by atoms with E-state index in [2.05, 4.69) is 51.3 Å². The second-order valence-corrected chi connectivity index (χ2v) is 3.87. The first-order chi connectivity index (χ1) is 5.72. The first-order valence-electron chi connectivity index (χ1n) is 4.01. The van der Waals surface area contributed by atoms with Gasteiger partial charge in [-0.1, -0.05) is 0 Å². The molecule has 62 valence electrons.